The first-order chi connectivity index (χ1) is 15.6. The fourth-order valence-corrected chi connectivity index (χ4v) is 5.17. The van der Waals surface area contributed by atoms with E-state index in [4.69, 9.17) is 4.74 Å². The highest BCUT2D eigenvalue weighted by Crippen LogP contribution is 2.37. The molecule has 2 saturated heterocycles. The Morgan fingerprint density at radius 2 is 1.88 bits per heavy atom. The Morgan fingerprint density at radius 1 is 1.12 bits per heavy atom. The van der Waals surface area contributed by atoms with Gasteiger partial charge in [-0.2, -0.15) is 5.26 Å². The molecule has 4 heterocycles. The molecule has 1 aromatic carbocycles. The van der Waals surface area contributed by atoms with E-state index in [2.05, 4.69) is 16.1 Å². The van der Waals surface area contributed by atoms with Crippen molar-refractivity contribution in [3.63, 3.8) is 0 Å². The number of hydrogen-bond donors (Lipinski definition) is 0. The van der Waals surface area contributed by atoms with Gasteiger partial charge in [0.1, 0.15) is 5.82 Å². The highest BCUT2D eigenvalue weighted by Gasteiger charge is 2.41. The van der Waals surface area contributed by atoms with Gasteiger partial charge in [0.05, 0.1) is 31.2 Å². The number of aromatic nitrogens is 3. The minimum atomic E-state index is -0.323. The van der Waals surface area contributed by atoms with Gasteiger partial charge in [-0.3, -0.25) is 9.30 Å². The molecular formula is C24H26FN5O2. The van der Waals surface area contributed by atoms with E-state index in [1.165, 1.54) is 15.1 Å². The first-order valence-corrected chi connectivity index (χ1v) is 11.2. The fraction of sp³-hybridized carbons (Fsp3) is 0.458. The van der Waals surface area contributed by atoms with Crippen molar-refractivity contribution in [3.8, 4) is 6.07 Å². The normalized spacial score (nSPS) is 23.9. The second-order valence-electron chi connectivity index (χ2n) is 8.80. The maximum absolute atomic E-state index is 13.9. The number of ether oxygens (including phenoxy) is 1. The number of fused-ring (bicyclic) bond motifs is 3. The second kappa shape index (κ2) is 8.85. The summed E-state index contributed by atoms with van der Waals surface area (Å²) in [5.41, 5.74) is 0.955. The lowest BCUT2D eigenvalue weighted by atomic mass is 9.97. The van der Waals surface area contributed by atoms with Crippen LogP contribution in [0.3, 0.4) is 0 Å². The van der Waals surface area contributed by atoms with Gasteiger partial charge in [0, 0.05) is 30.4 Å². The van der Waals surface area contributed by atoms with E-state index in [0.717, 1.165) is 25.7 Å². The summed E-state index contributed by atoms with van der Waals surface area (Å²) in [5, 5.41) is 14.1. The third-order valence-corrected chi connectivity index (χ3v) is 6.77. The molecule has 2 aliphatic rings. The summed E-state index contributed by atoms with van der Waals surface area (Å²) >= 11 is 0. The number of halogens is 1. The minimum absolute atomic E-state index is 0.102. The smallest absolute Gasteiger partial charge is 0.350 e. The van der Waals surface area contributed by atoms with E-state index in [1.54, 1.807) is 30.5 Å². The zero-order valence-corrected chi connectivity index (χ0v) is 17.8. The molecule has 32 heavy (non-hydrogen) atoms. The van der Waals surface area contributed by atoms with E-state index < -0.39 is 0 Å². The van der Waals surface area contributed by atoms with E-state index >= 15 is 0 Å². The van der Waals surface area contributed by atoms with Crippen LogP contribution in [0.4, 0.5) is 4.39 Å². The molecule has 3 aromatic rings. The molecule has 2 bridgehead atoms. The number of rotatable bonds is 7. The molecule has 7 nitrogen and oxygen atoms in total. The number of hydrogen-bond acceptors (Lipinski definition) is 5. The molecule has 0 aliphatic carbocycles. The highest BCUT2D eigenvalue weighted by molar-refractivity contribution is 5.35. The Kier molecular flexibility index (Phi) is 5.77. The summed E-state index contributed by atoms with van der Waals surface area (Å²) in [7, 11) is 0. The predicted octanol–water partition coefficient (Wildman–Crippen LogP) is 2.99. The number of nitriles is 1. The first kappa shape index (κ1) is 20.9. The van der Waals surface area contributed by atoms with Crippen LogP contribution in [0.25, 0.3) is 5.65 Å². The van der Waals surface area contributed by atoms with Gasteiger partial charge >= 0.3 is 5.69 Å². The number of benzene rings is 1. The predicted molar refractivity (Wildman–Crippen MR) is 116 cm³/mol. The molecule has 0 saturated carbocycles. The highest BCUT2D eigenvalue weighted by atomic mass is 19.1. The number of pyridine rings is 1. The molecule has 3 atom stereocenters. The van der Waals surface area contributed by atoms with Gasteiger partial charge in [-0.15, -0.1) is 5.10 Å². The lowest BCUT2D eigenvalue weighted by Gasteiger charge is -2.39. The van der Waals surface area contributed by atoms with Gasteiger partial charge in [0.15, 0.2) is 5.65 Å². The summed E-state index contributed by atoms with van der Waals surface area (Å²) in [5.74, 6) is -0.552. The van der Waals surface area contributed by atoms with Gasteiger partial charge in [-0.1, -0.05) is 24.3 Å². The third-order valence-electron chi connectivity index (χ3n) is 6.77. The van der Waals surface area contributed by atoms with E-state index in [0.29, 0.717) is 29.8 Å². The molecule has 8 heteroatoms. The van der Waals surface area contributed by atoms with Crippen molar-refractivity contribution >= 4 is 5.65 Å². The molecule has 166 valence electrons. The minimum Gasteiger partial charge on any atom is -0.373 e. The Morgan fingerprint density at radius 3 is 2.59 bits per heavy atom. The molecular weight excluding hydrogens is 409 g/mol. The SMILES string of the molecule is N#CC(CN1C2CCC1CC(OCc1ccccc1F)C2)Cn1nc2ccccn2c1=O. The Bertz CT molecular complexity index is 1180. The van der Waals surface area contributed by atoms with Crippen molar-refractivity contribution in [2.45, 2.75) is 57.0 Å². The van der Waals surface area contributed by atoms with Crippen LogP contribution in [-0.4, -0.2) is 43.8 Å². The molecule has 3 unspecified atom stereocenters. The fourth-order valence-electron chi connectivity index (χ4n) is 5.17. The number of piperidine rings is 1. The second-order valence-corrected chi connectivity index (χ2v) is 8.80. The first-order valence-electron chi connectivity index (χ1n) is 11.2. The maximum Gasteiger partial charge on any atom is 0.350 e. The van der Waals surface area contributed by atoms with Crippen molar-refractivity contribution in [2.75, 3.05) is 6.54 Å². The largest absolute Gasteiger partial charge is 0.373 e. The monoisotopic (exact) mass is 435 g/mol. The van der Waals surface area contributed by atoms with Crippen molar-refractivity contribution in [3.05, 3.63) is 70.5 Å². The van der Waals surface area contributed by atoms with Crippen LogP contribution in [0, 0.1) is 23.1 Å². The van der Waals surface area contributed by atoms with Crippen molar-refractivity contribution in [1.82, 2.24) is 19.1 Å². The third kappa shape index (κ3) is 4.06. The zero-order chi connectivity index (χ0) is 22.1. The lowest BCUT2D eigenvalue weighted by molar-refractivity contribution is -0.0315. The van der Waals surface area contributed by atoms with E-state index in [9.17, 15) is 14.4 Å². The van der Waals surface area contributed by atoms with Gasteiger partial charge in [0.25, 0.3) is 0 Å². The average molecular weight is 436 g/mol. The van der Waals surface area contributed by atoms with Gasteiger partial charge in [-0.05, 0) is 43.9 Å². The molecule has 2 aromatic heterocycles. The van der Waals surface area contributed by atoms with Crippen LogP contribution in [0.5, 0.6) is 0 Å². The Labute approximate surface area is 185 Å². The molecule has 0 N–H and O–H groups in total. The topological polar surface area (TPSA) is 75.6 Å². The maximum atomic E-state index is 13.9. The molecule has 2 fully saturated rings. The average Bonchev–Trinajstić information content (AvgIpc) is 3.23. The summed E-state index contributed by atoms with van der Waals surface area (Å²) in [6.07, 6.45) is 5.72. The standard InChI is InChI=1S/C24H26FN5O2/c25-22-6-2-1-5-18(22)16-32-21-11-19-8-9-20(12-21)29(19)14-17(13-26)15-30-24(31)28-10-4-3-7-23(28)27-30/h1-7,10,17,19-21H,8-9,11-12,14-16H2. The molecule has 0 spiro atoms. The summed E-state index contributed by atoms with van der Waals surface area (Å²) in [4.78, 5) is 15.0. The van der Waals surface area contributed by atoms with Crippen LogP contribution in [0.2, 0.25) is 0 Å². The summed E-state index contributed by atoms with van der Waals surface area (Å²) in [6, 6.07) is 15.2. The summed E-state index contributed by atoms with van der Waals surface area (Å²) in [6.45, 7) is 1.18. The van der Waals surface area contributed by atoms with Crippen LogP contribution in [0.1, 0.15) is 31.2 Å². The zero-order valence-electron chi connectivity index (χ0n) is 17.8. The molecule has 0 amide bonds. The molecule has 2 aliphatic heterocycles. The van der Waals surface area contributed by atoms with E-state index in [1.807, 2.05) is 12.1 Å². The van der Waals surface area contributed by atoms with Crippen molar-refractivity contribution < 1.29 is 9.13 Å². The lowest BCUT2D eigenvalue weighted by Crippen LogP contribution is -2.47. The molecule has 5 rings (SSSR count). The quantitative estimate of drug-likeness (QED) is 0.570. The van der Waals surface area contributed by atoms with Crippen LogP contribution in [0.15, 0.2) is 53.5 Å². The Balaban J connectivity index is 1.21. The van der Waals surface area contributed by atoms with Crippen LogP contribution >= 0.6 is 0 Å². The molecule has 0 radical (unpaired) electrons. The Hall–Kier alpha value is -3.02. The van der Waals surface area contributed by atoms with Crippen LogP contribution < -0.4 is 5.69 Å². The summed E-state index contributed by atoms with van der Waals surface area (Å²) < 4.78 is 22.8. The van der Waals surface area contributed by atoms with Crippen molar-refractivity contribution in [2.24, 2.45) is 5.92 Å². The van der Waals surface area contributed by atoms with Crippen molar-refractivity contribution in [1.29, 1.82) is 5.26 Å². The van der Waals surface area contributed by atoms with Gasteiger partial charge in [-0.25, -0.2) is 13.9 Å². The number of nitrogens with zero attached hydrogens (tertiary/aromatic N) is 5. The van der Waals surface area contributed by atoms with Gasteiger partial charge in [0.2, 0.25) is 0 Å². The van der Waals surface area contributed by atoms with E-state index in [-0.39, 0.29) is 36.7 Å². The van der Waals surface area contributed by atoms with Gasteiger partial charge < -0.3 is 4.74 Å². The van der Waals surface area contributed by atoms with Crippen LogP contribution in [-0.2, 0) is 17.9 Å².